The molecule has 2 saturated carbocycles. The molecule has 0 saturated heterocycles. The van der Waals surface area contributed by atoms with Crippen LogP contribution in [0.15, 0.2) is 53.2 Å². The number of hydrogen-bond donors (Lipinski definition) is 1. The maximum Gasteiger partial charge on any atom is 0.145 e. The third-order valence-corrected chi connectivity index (χ3v) is 8.22. The summed E-state index contributed by atoms with van der Waals surface area (Å²) in [7, 11) is 0. The fourth-order valence-electron chi connectivity index (χ4n) is 5.31. The summed E-state index contributed by atoms with van der Waals surface area (Å²) in [5, 5.41) is 27.1. The Labute approximate surface area is 224 Å². The lowest BCUT2D eigenvalue weighted by Gasteiger charge is -2.36. The Bertz CT molecular complexity index is 1490. The number of nitrogens with zero attached hydrogens (tertiary/aromatic N) is 3. The highest BCUT2D eigenvalue weighted by Gasteiger charge is 2.37. The predicted molar refractivity (Wildman–Crippen MR) is 141 cm³/mol. The molecular weight excluding hydrogens is 509 g/mol. The maximum absolute atomic E-state index is 11.5. The van der Waals surface area contributed by atoms with Crippen molar-refractivity contribution in [3.05, 3.63) is 81.2 Å². The van der Waals surface area contributed by atoms with Gasteiger partial charge in [0.05, 0.1) is 45.5 Å². The number of pyridine rings is 1. The van der Waals surface area contributed by atoms with Crippen LogP contribution in [0.3, 0.4) is 0 Å². The minimum atomic E-state index is -0.969. The molecule has 0 atom stereocenters. The van der Waals surface area contributed by atoms with E-state index in [-0.39, 0.29) is 6.10 Å². The van der Waals surface area contributed by atoms with Gasteiger partial charge in [-0.25, -0.2) is 0 Å². The summed E-state index contributed by atoms with van der Waals surface area (Å²) in [5.41, 5.74) is 3.37. The number of aromatic nitrogens is 2. The van der Waals surface area contributed by atoms with Gasteiger partial charge in [0.15, 0.2) is 0 Å². The molecule has 2 aliphatic carbocycles. The van der Waals surface area contributed by atoms with E-state index in [1.165, 1.54) is 0 Å². The van der Waals surface area contributed by atoms with Crippen molar-refractivity contribution < 1.29 is 14.4 Å². The van der Waals surface area contributed by atoms with Gasteiger partial charge in [0, 0.05) is 28.6 Å². The van der Waals surface area contributed by atoms with Gasteiger partial charge in [0.2, 0.25) is 0 Å². The van der Waals surface area contributed by atoms with Crippen LogP contribution in [-0.4, -0.2) is 21.4 Å². The molecule has 0 unspecified atom stereocenters. The topological polar surface area (TPSA) is 92.2 Å². The first-order valence-electron chi connectivity index (χ1n) is 12.5. The first-order valence-corrected chi connectivity index (χ1v) is 13.3. The molecule has 2 heterocycles. The second-order valence-corrected chi connectivity index (χ2v) is 10.8. The van der Waals surface area contributed by atoms with Crippen molar-refractivity contribution in [1.29, 1.82) is 5.26 Å². The number of nitriles is 1. The summed E-state index contributed by atoms with van der Waals surface area (Å²) in [6.07, 6.45) is 6.31. The molecule has 0 aliphatic heterocycles. The standard InChI is InChI=1S/C29H25Cl2N3O3/c30-23-2-1-3-24(31)26(23)27-22(28(37-34-27)17-4-5-17)16-36-20-8-11-29(35,12-9-20)19-6-7-25-21(14-19)18(15-32)10-13-33-25/h1-3,6-7,10,13-14,17,20,35H,4-5,8-9,11-12,16H2/t20-,29+. The zero-order valence-electron chi connectivity index (χ0n) is 20.1. The molecule has 6 nitrogen and oxygen atoms in total. The summed E-state index contributed by atoms with van der Waals surface area (Å²) >= 11 is 13.0. The Morgan fingerprint density at radius 3 is 2.54 bits per heavy atom. The van der Waals surface area contributed by atoms with Crippen LogP contribution in [0.25, 0.3) is 22.2 Å². The van der Waals surface area contributed by atoms with Gasteiger partial charge in [-0.15, -0.1) is 0 Å². The Morgan fingerprint density at radius 1 is 1.08 bits per heavy atom. The highest BCUT2D eigenvalue weighted by molar-refractivity contribution is 6.39. The number of fused-ring (bicyclic) bond motifs is 1. The SMILES string of the molecule is N#Cc1ccnc2ccc([C@]3(O)CC[C@@H](OCc4c(-c5c(Cl)cccc5Cl)noc4C4CC4)CC3)cc12. The molecule has 2 fully saturated rings. The van der Waals surface area contributed by atoms with Crippen molar-refractivity contribution in [2.75, 3.05) is 0 Å². The number of benzene rings is 2. The Morgan fingerprint density at radius 2 is 1.84 bits per heavy atom. The fourth-order valence-corrected chi connectivity index (χ4v) is 5.88. The van der Waals surface area contributed by atoms with Gasteiger partial charge in [-0.05, 0) is 74.4 Å². The van der Waals surface area contributed by atoms with Crippen LogP contribution in [0.4, 0.5) is 0 Å². The molecule has 188 valence electrons. The van der Waals surface area contributed by atoms with E-state index < -0.39 is 5.60 Å². The molecule has 4 aromatic rings. The molecule has 1 N–H and O–H groups in total. The third-order valence-electron chi connectivity index (χ3n) is 7.59. The van der Waals surface area contributed by atoms with Crippen LogP contribution in [0, 0.1) is 11.3 Å². The van der Waals surface area contributed by atoms with E-state index in [4.69, 9.17) is 32.5 Å². The Kier molecular flexibility index (Phi) is 6.42. The minimum absolute atomic E-state index is 0.00594. The minimum Gasteiger partial charge on any atom is -0.385 e. The molecular formula is C29H25Cl2N3O3. The predicted octanol–water partition coefficient (Wildman–Crippen LogP) is 7.29. The molecule has 8 heteroatoms. The molecule has 37 heavy (non-hydrogen) atoms. The van der Waals surface area contributed by atoms with Gasteiger partial charge >= 0.3 is 0 Å². The Balaban J connectivity index is 1.19. The van der Waals surface area contributed by atoms with Crippen molar-refractivity contribution in [1.82, 2.24) is 10.1 Å². The van der Waals surface area contributed by atoms with E-state index in [2.05, 4.69) is 16.2 Å². The summed E-state index contributed by atoms with van der Waals surface area (Å²) < 4.78 is 12.1. The van der Waals surface area contributed by atoms with Crippen LogP contribution < -0.4 is 0 Å². The van der Waals surface area contributed by atoms with Crippen LogP contribution in [0.5, 0.6) is 0 Å². The molecule has 0 radical (unpaired) electrons. The summed E-state index contributed by atoms with van der Waals surface area (Å²) in [6, 6.07) is 15.0. The second kappa shape index (κ2) is 9.74. The number of ether oxygens (including phenoxy) is 1. The quantitative estimate of drug-likeness (QED) is 0.279. The van der Waals surface area contributed by atoms with Gasteiger partial charge < -0.3 is 14.4 Å². The molecule has 6 rings (SSSR count). The van der Waals surface area contributed by atoms with E-state index in [1.54, 1.807) is 24.4 Å². The van der Waals surface area contributed by atoms with Crippen molar-refractivity contribution in [2.24, 2.45) is 0 Å². The van der Waals surface area contributed by atoms with Crippen LogP contribution in [0.1, 0.15) is 66.9 Å². The molecule has 0 spiro atoms. The highest BCUT2D eigenvalue weighted by atomic mass is 35.5. The fraction of sp³-hybridized carbons (Fsp3) is 0.345. The average molecular weight is 534 g/mol. The van der Waals surface area contributed by atoms with Gasteiger partial charge in [-0.1, -0.05) is 40.5 Å². The first kappa shape index (κ1) is 24.4. The summed E-state index contributed by atoms with van der Waals surface area (Å²) in [6.45, 7) is 0.350. The Hall–Kier alpha value is -2.95. The van der Waals surface area contributed by atoms with E-state index in [0.717, 1.165) is 40.6 Å². The smallest absolute Gasteiger partial charge is 0.145 e. The van der Waals surface area contributed by atoms with Crippen molar-refractivity contribution in [2.45, 2.75) is 62.8 Å². The third kappa shape index (κ3) is 4.62. The zero-order chi connectivity index (χ0) is 25.6. The van der Waals surface area contributed by atoms with Gasteiger partial charge in [-0.3, -0.25) is 4.98 Å². The summed E-state index contributed by atoms with van der Waals surface area (Å²) in [4.78, 5) is 4.34. The highest BCUT2D eigenvalue weighted by Crippen LogP contribution is 2.46. The normalized spacial score (nSPS) is 21.7. The average Bonchev–Trinajstić information content (AvgIpc) is 3.68. The second-order valence-electron chi connectivity index (χ2n) is 9.99. The lowest BCUT2D eigenvalue weighted by Crippen LogP contribution is -2.34. The molecule has 0 amide bonds. The number of rotatable bonds is 6. The van der Waals surface area contributed by atoms with E-state index in [1.807, 2.05) is 24.3 Å². The summed E-state index contributed by atoms with van der Waals surface area (Å²) in [5.74, 6) is 1.22. The lowest BCUT2D eigenvalue weighted by molar-refractivity contribution is -0.0640. The lowest BCUT2D eigenvalue weighted by atomic mass is 9.78. The van der Waals surface area contributed by atoms with Crippen molar-refractivity contribution >= 4 is 34.1 Å². The number of hydrogen-bond acceptors (Lipinski definition) is 6. The zero-order valence-corrected chi connectivity index (χ0v) is 21.6. The van der Waals surface area contributed by atoms with E-state index in [0.29, 0.717) is 65.1 Å². The molecule has 2 aromatic carbocycles. The number of aliphatic hydroxyl groups is 1. The van der Waals surface area contributed by atoms with E-state index in [9.17, 15) is 10.4 Å². The largest absolute Gasteiger partial charge is 0.385 e. The van der Waals surface area contributed by atoms with Gasteiger partial charge in [0.1, 0.15) is 11.5 Å². The molecule has 0 bridgehead atoms. The maximum atomic E-state index is 11.5. The van der Waals surface area contributed by atoms with Crippen molar-refractivity contribution in [3.63, 3.8) is 0 Å². The van der Waals surface area contributed by atoms with E-state index >= 15 is 0 Å². The van der Waals surface area contributed by atoms with Crippen LogP contribution >= 0.6 is 23.2 Å². The molecule has 2 aliphatic rings. The van der Waals surface area contributed by atoms with Gasteiger partial charge in [-0.2, -0.15) is 5.26 Å². The number of halogens is 2. The van der Waals surface area contributed by atoms with Crippen LogP contribution in [0.2, 0.25) is 10.0 Å². The van der Waals surface area contributed by atoms with Crippen LogP contribution in [-0.2, 0) is 16.9 Å². The van der Waals surface area contributed by atoms with Gasteiger partial charge in [0.25, 0.3) is 0 Å². The van der Waals surface area contributed by atoms with Crippen molar-refractivity contribution in [3.8, 4) is 17.3 Å². The molecule has 2 aromatic heterocycles. The monoisotopic (exact) mass is 533 g/mol. The first-order chi connectivity index (χ1) is 18.0.